The molecule has 2 amide bonds. The van der Waals surface area contributed by atoms with E-state index in [1.54, 1.807) is 6.92 Å². The quantitative estimate of drug-likeness (QED) is 0.878. The van der Waals surface area contributed by atoms with Crippen molar-refractivity contribution < 1.29 is 18.3 Å². The van der Waals surface area contributed by atoms with Crippen LogP contribution in [0.2, 0.25) is 0 Å². The topological polar surface area (TPSA) is 50.4 Å². The van der Waals surface area contributed by atoms with Crippen LogP contribution >= 0.6 is 0 Å². The number of benzene rings is 1. The zero-order chi connectivity index (χ0) is 15.2. The molecule has 1 fully saturated rings. The van der Waals surface area contributed by atoms with Gasteiger partial charge in [-0.15, -0.1) is 0 Å². The Hall–Kier alpha value is -1.69. The SMILES string of the molecule is CCC(NC(=O)NCC1CCOC1)c1cc(F)ccc1F. The number of amides is 2. The third kappa shape index (κ3) is 4.39. The number of urea groups is 1. The average molecular weight is 298 g/mol. The van der Waals surface area contributed by atoms with E-state index < -0.39 is 17.7 Å². The molecular weight excluding hydrogens is 278 g/mol. The molecule has 4 nitrogen and oxygen atoms in total. The fraction of sp³-hybridized carbons (Fsp3) is 0.533. The summed E-state index contributed by atoms with van der Waals surface area (Å²) < 4.78 is 32.2. The number of carbonyl (C=O) groups is 1. The number of ether oxygens (including phenoxy) is 1. The van der Waals surface area contributed by atoms with Gasteiger partial charge in [0.05, 0.1) is 12.6 Å². The summed E-state index contributed by atoms with van der Waals surface area (Å²) in [5.74, 6) is -0.718. The lowest BCUT2D eigenvalue weighted by atomic mass is 10.0. The van der Waals surface area contributed by atoms with E-state index in [0.717, 1.165) is 31.2 Å². The van der Waals surface area contributed by atoms with E-state index in [2.05, 4.69) is 10.6 Å². The molecule has 0 saturated carbocycles. The highest BCUT2D eigenvalue weighted by atomic mass is 19.1. The van der Waals surface area contributed by atoms with E-state index in [1.807, 2.05) is 0 Å². The second-order valence-electron chi connectivity index (χ2n) is 5.21. The molecule has 0 aliphatic carbocycles. The Kier molecular flexibility index (Phi) is 5.50. The van der Waals surface area contributed by atoms with E-state index in [-0.39, 0.29) is 11.6 Å². The second-order valence-corrected chi connectivity index (χ2v) is 5.21. The Labute approximate surface area is 122 Å². The summed E-state index contributed by atoms with van der Waals surface area (Å²) in [6.07, 6.45) is 1.40. The highest BCUT2D eigenvalue weighted by molar-refractivity contribution is 5.74. The third-order valence-corrected chi connectivity index (χ3v) is 3.62. The smallest absolute Gasteiger partial charge is 0.315 e. The molecule has 0 bridgehead atoms. The van der Waals surface area contributed by atoms with E-state index in [0.29, 0.717) is 25.5 Å². The average Bonchev–Trinajstić information content (AvgIpc) is 2.98. The molecule has 0 spiro atoms. The first-order chi connectivity index (χ1) is 10.1. The van der Waals surface area contributed by atoms with Gasteiger partial charge < -0.3 is 15.4 Å². The monoisotopic (exact) mass is 298 g/mol. The van der Waals surface area contributed by atoms with Crippen LogP contribution in [0.4, 0.5) is 13.6 Å². The van der Waals surface area contributed by atoms with E-state index in [1.165, 1.54) is 0 Å². The van der Waals surface area contributed by atoms with Crippen LogP contribution in [0.15, 0.2) is 18.2 Å². The fourth-order valence-electron chi connectivity index (χ4n) is 2.37. The van der Waals surface area contributed by atoms with Gasteiger partial charge >= 0.3 is 6.03 Å². The van der Waals surface area contributed by atoms with Gasteiger partial charge in [0.1, 0.15) is 11.6 Å². The van der Waals surface area contributed by atoms with Crippen molar-refractivity contribution in [3.05, 3.63) is 35.4 Å². The molecule has 1 aliphatic rings. The highest BCUT2D eigenvalue weighted by Gasteiger charge is 2.19. The largest absolute Gasteiger partial charge is 0.381 e. The molecule has 2 rings (SSSR count). The zero-order valence-electron chi connectivity index (χ0n) is 12.0. The summed E-state index contributed by atoms with van der Waals surface area (Å²) in [5.41, 5.74) is 0.164. The molecule has 1 aromatic carbocycles. The standard InChI is InChI=1S/C15H20F2N2O2/c1-2-14(12-7-11(16)3-4-13(12)17)19-15(20)18-8-10-5-6-21-9-10/h3-4,7,10,14H,2,5-6,8-9H2,1H3,(H2,18,19,20). The highest BCUT2D eigenvalue weighted by Crippen LogP contribution is 2.21. The van der Waals surface area contributed by atoms with Gasteiger partial charge in [0.15, 0.2) is 0 Å². The molecule has 116 valence electrons. The van der Waals surface area contributed by atoms with Crippen molar-refractivity contribution in [3.8, 4) is 0 Å². The number of carbonyl (C=O) groups excluding carboxylic acids is 1. The van der Waals surface area contributed by atoms with Gasteiger partial charge in [-0.1, -0.05) is 6.92 Å². The first-order valence-corrected chi connectivity index (χ1v) is 7.17. The number of nitrogens with one attached hydrogen (secondary N) is 2. The van der Waals surface area contributed by atoms with Gasteiger partial charge in [0, 0.05) is 24.6 Å². The first kappa shape index (κ1) is 15.7. The zero-order valence-corrected chi connectivity index (χ0v) is 12.0. The van der Waals surface area contributed by atoms with Crippen molar-refractivity contribution in [1.82, 2.24) is 10.6 Å². The van der Waals surface area contributed by atoms with Crippen LogP contribution in [0.3, 0.4) is 0 Å². The Morgan fingerprint density at radius 1 is 1.48 bits per heavy atom. The van der Waals surface area contributed by atoms with Crippen molar-refractivity contribution in [3.63, 3.8) is 0 Å². The molecule has 6 heteroatoms. The summed E-state index contributed by atoms with van der Waals surface area (Å²) in [6, 6.07) is 2.32. The predicted molar refractivity (Wildman–Crippen MR) is 74.9 cm³/mol. The lowest BCUT2D eigenvalue weighted by Gasteiger charge is -2.19. The summed E-state index contributed by atoms with van der Waals surface area (Å²) in [4.78, 5) is 11.9. The summed E-state index contributed by atoms with van der Waals surface area (Å²) in [7, 11) is 0. The Balaban J connectivity index is 1.91. The van der Waals surface area contributed by atoms with Crippen LogP contribution in [0, 0.1) is 17.6 Å². The summed E-state index contributed by atoms with van der Waals surface area (Å²) >= 11 is 0. The molecular formula is C15H20F2N2O2. The third-order valence-electron chi connectivity index (χ3n) is 3.62. The van der Waals surface area contributed by atoms with Gasteiger partial charge in [0.2, 0.25) is 0 Å². The lowest BCUT2D eigenvalue weighted by Crippen LogP contribution is -2.40. The molecule has 1 aromatic rings. The maximum Gasteiger partial charge on any atom is 0.315 e. The molecule has 0 aromatic heterocycles. The molecule has 1 saturated heterocycles. The van der Waals surface area contributed by atoms with Crippen LogP contribution in [0.5, 0.6) is 0 Å². The second kappa shape index (κ2) is 7.36. The Morgan fingerprint density at radius 2 is 2.29 bits per heavy atom. The Bertz CT molecular complexity index is 491. The van der Waals surface area contributed by atoms with Gasteiger partial charge in [0.25, 0.3) is 0 Å². The molecule has 0 radical (unpaired) electrons. The molecule has 2 N–H and O–H groups in total. The number of hydrogen-bond acceptors (Lipinski definition) is 2. The molecule has 1 heterocycles. The normalized spacial score (nSPS) is 19.3. The Morgan fingerprint density at radius 3 is 2.95 bits per heavy atom. The van der Waals surface area contributed by atoms with Gasteiger partial charge in [-0.2, -0.15) is 0 Å². The minimum Gasteiger partial charge on any atom is -0.381 e. The van der Waals surface area contributed by atoms with Crippen molar-refractivity contribution in [2.24, 2.45) is 5.92 Å². The number of rotatable bonds is 5. The first-order valence-electron chi connectivity index (χ1n) is 7.17. The van der Waals surface area contributed by atoms with Crippen molar-refractivity contribution in [1.29, 1.82) is 0 Å². The minimum atomic E-state index is -0.555. The van der Waals surface area contributed by atoms with Crippen LogP contribution in [0.1, 0.15) is 31.4 Å². The number of halogens is 2. The molecule has 1 aliphatic heterocycles. The van der Waals surface area contributed by atoms with E-state index in [9.17, 15) is 13.6 Å². The lowest BCUT2D eigenvalue weighted by molar-refractivity contribution is 0.185. The van der Waals surface area contributed by atoms with E-state index in [4.69, 9.17) is 4.74 Å². The maximum atomic E-state index is 13.7. The van der Waals surface area contributed by atoms with Gasteiger partial charge in [-0.3, -0.25) is 0 Å². The van der Waals surface area contributed by atoms with E-state index >= 15 is 0 Å². The molecule has 2 unspecified atom stereocenters. The van der Waals surface area contributed by atoms with Crippen molar-refractivity contribution >= 4 is 6.03 Å². The van der Waals surface area contributed by atoms with Crippen LogP contribution < -0.4 is 10.6 Å². The number of hydrogen-bond donors (Lipinski definition) is 2. The van der Waals surface area contributed by atoms with Crippen molar-refractivity contribution in [2.45, 2.75) is 25.8 Å². The molecule has 21 heavy (non-hydrogen) atoms. The fourth-order valence-corrected chi connectivity index (χ4v) is 2.37. The van der Waals surface area contributed by atoms with Crippen molar-refractivity contribution in [2.75, 3.05) is 19.8 Å². The molecule has 2 atom stereocenters. The van der Waals surface area contributed by atoms with Gasteiger partial charge in [-0.05, 0) is 31.0 Å². The van der Waals surface area contributed by atoms with Crippen LogP contribution in [-0.2, 0) is 4.74 Å². The predicted octanol–water partition coefficient (Wildman–Crippen LogP) is 2.75. The summed E-state index contributed by atoms with van der Waals surface area (Å²) in [5, 5.41) is 5.42. The van der Waals surface area contributed by atoms with Crippen LogP contribution in [-0.4, -0.2) is 25.8 Å². The maximum absolute atomic E-state index is 13.7. The van der Waals surface area contributed by atoms with Gasteiger partial charge in [-0.25, -0.2) is 13.6 Å². The summed E-state index contributed by atoms with van der Waals surface area (Å²) in [6.45, 7) is 3.70. The van der Waals surface area contributed by atoms with Crippen LogP contribution in [0.25, 0.3) is 0 Å². The minimum absolute atomic E-state index is 0.164.